The van der Waals surface area contributed by atoms with Gasteiger partial charge in [0.05, 0.1) is 20.3 Å². The van der Waals surface area contributed by atoms with Gasteiger partial charge in [0.1, 0.15) is 38.7 Å². The summed E-state index contributed by atoms with van der Waals surface area (Å²) in [5, 5.41) is 19.7. The van der Waals surface area contributed by atoms with Crippen LogP contribution in [0.3, 0.4) is 0 Å². The van der Waals surface area contributed by atoms with Crippen LogP contribution >= 0.6 is 88.3 Å². The molecule has 0 fully saturated rings. The number of alkyl halides is 1. The van der Waals surface area contributed by atoms with Gasteiger partial charge in [0, 0.05) is 27.8 Å². The Balaban J connectivity index is 0.000000214. The number of phenolic OH excluding ortho intramolecular Hbond substituents is 2. The average molecular weight is 1310 g/mol. The topological polar surface area (TPSA) is 138 Å². The van der Waals surface area contributed by atoms with Crippen LogP contribution in [0.5, 0.6) is 11.5 Å². The van der Waals surface area contributed by atoms with Gasteiger partial charge in [0.15, 0.2) is 0 Å². The Morgan fingerprint density at radius 1 is 0.549 bits per heavy atom. The molecule has 71 heavy (non-hydrogen) atoms. The second-order valence-corrected chi connectivity index (χ2v) is 21.6. The molecule has 0 amide bonds. The molecule has 0 aliphatic heterocycles. The van der Waals surface area contributed by atoms with E-state index in [4.69, 9.17) is 39.6 Å². The van der Waals surface area contributed by atoms with Gasteiger partial charge >= 0.3 is 0 Å². The first-order chi connectivity index (χ1) is 33.6. The van der Waals surface area contributed by atoms with E-state index in [-0.39, 0.29) is 42.0 Å². The number of rotatable bonds is 8. The van der Waals surface area contributed by atoms with Crippen molar-refractivity contribution >= 4 is 119 Å². The van der Waals surface area contributed by atoms with Gasteiger partial charge in [-0.1, -0.05) is 162 Å². The van der Waals surface area contributed by atoms with E-state index >= 15 is 0 Å². The molecule has 0 unspecified atom stereocenters. The van der Waals surface area contributed by atoms with Crippen LogP contribution in [0.1, 0.15) is 12.5 Å². The molecule has 0 aliphatic carbocycles. The molecule has 4 N–H and O–H groups in total. The fourth-order valence-corrected chi connectivity index (χ4v) is 10.6. The molecule has 0 heterocycles. The number of nitrogen functional groups attached to an aromatic ring is 1. The highest BCUT2D eigenvalue weighted by atomic mass is 127. The lowest BCUT2D eigenvalue weighted by molar-refractivity contribution is 0.454. The van der Waals surface area contributed by atoms with Gasteiger partial charge < -0.3 is 15.9 Å². The third-order valence-corrected chi connectivity index (χ3v) is 14.7. The SMILES string of the molecule is CCc1cc(-c2ccccc2)ccc1F.CI.CN(c1cc(-c2ccccc2)ccc1F)S(=O)(=O)c1cc(Cl)cc(Br)c1O.Nc1cc(-c2ccccc2)ccc1F.O=S(=O)(Cl)c1cc(Cl)cc(Br)c1O. The molecule has 0 spiro atoms. The van der Waals surface area contributed by atoms with Crippen molar-refractivity contribution in [3.63, 3.8) is 0 Å². The summed E-state index contributed by atoms with van der Waals surface area (Å²) < 4.78 is 89.4. The minimum absolute atomic E-state index is 0.114. The van der Waals surface area contributed by atoms with E-state index in [1.54, 1.807) is 24.3 Å². The maximum absolute atomic E-state index is 14.4. The Morgan fingerprint density at radius 2 is 0.930 bits per heavy atom. The Bertz CT molecular complexity index is 3300. The predicted octanol–water partition coefficient (Wildman–Crippen LogP) is 16.4. The van der Waals surface area contributed by atoms with Crippen LogP contribution in [0.25, 0.3) is 33.4 Å². The summed E-state index contributed by atoms with van der Waals surface area (Å²) in [4.78, 5) is 1.14. The van der Waals surface area contributed by atoms with Gasteiger partial charge in [-0.2, -0.15) is 0 Å². The highest BCUT2D eigenvalue weighted by molar-refractivity contribution is 14.1. The molecule has 8 aromatic rings. The lowest BCUT2D eigenvalue weighted by Crippen LogP contribution is -2.27. The minimum Gasteiger partial charge on any atom is -0.505 e. The number of aryl methyl sites for hydroxylation is 1. The fourth-order valence-electron chi connectivity index (χ4n) is 6.32. The molecule has 0 bridgehead atoms. The van der Waals surface area contributed by atoms with Crippen molar-refractivity contribution in [1.82, 2.24) is 0 Å². The highest BCUT2D eigenvalue weighted by Crippen LogP contribution is 2.39. The molecule has 19 heteroatoms. The number of phenols is 2. The summed E-state index contributed by atoms with van der Waals surface area (Å²) in [5.74, 6) is -2.13. The molecule has 0 atom stereocenters. The Morgan fingerprint density at radius 3 is 1.35 bits per heavy atom. The van der Waals surface area contributed by atoms with Crippen LogP contribution in [0, 0.1) is 17.5 Å². The first kappa shape index (κ1) is 58.8. The zero-order chi connectivity index (χ0) is 52.6. The Labute approximate surface area is 456 Å². The summed E-state index contributed by atoms with van der Waals surface area (Å²) >= 11 is 19.6. The lowest BCUT2D eigenvalue weighted by Gasteiger charge is -2.22. The number of nitrogens with two attached hydrogens (primary N) is 1. The van der Waals surface area contributed by atoms with Gasteiger partial charge in [-0.15, -0.1) is 0 Å². The van der Waals surface area contributed by atoms with Crippen LogP contribution in [-0.2, 0) is 25.5 Å². The number of nitrogens with zero attached hydrogens (tertiary/aromatic N) is 1. The second kappa shape index (κ2) is 27.3. The number of sulfonamides is 1. The number of hydrogen-bond donors (Lipinski definition) is 3. The molecule has 0 aliphatic rings. The molecule has 8 nitrogen and oxygen atoms in total. The van der Waals surface area contributed by atoms with Gasteiger partial charge in [0.25, 0.3) is 19.1 Å². The highest BCUT2D eigenvalue weighted by Gasteiger charge is 2.28. The van der Waals surface area contributed by atoms with E-state index in [9.17, 15) is 40.2 Å². The van der Waals surface area contributed by atoms with Crippen LogP contribution in [-0.4, -0.2) is 39.0 Å². The molecular formula is C52H43Br2Cl3F3IN2O6S2. The van der Waals surface area contributed by atoms with Gasteiger partial charge in [0.2, 0.25) is 0 Å². The van der Waals surface area contributed by atoms with Crippen molar-refractivity contribution in [2.45, 2.75) is 23.1 Å². The molecular weight excluding hydrogens is 1260 g/mol. The van der Waals surface area contributed by atoms with E-state index in [1.165, 1.54) is 37.4 Å². The molecule has 8 aromatic carbocycles. The van der Waals surface area contributed by atoms with Crippen LogP contribution < -0.4 is 10.0 Å². The molecule has 0 radical (unpaired) electrons. The number of benzene rings is 8. The number of hydrogen-bond acceptors (Lipinski definition) is 7. The second-order valence-electron chi connectivity index (χ2n) is 14.5. The van der Waals surface area contributed by atoms with Crippen molar-refractivity contribution in [2.24, 2.45) is 0 Å². The summed E-state index contributed by atoms with van der Waals surface area (Å²) in [6, 6.07) is 48.2. The van der Waals surface area contributed by atoms with Crippen LogP contribution in [0.15, 0.2) is 189 Å². The quantitative estimate of drug-likeness (QED) is 0.0596. The molecule has 0 aromatic heterocycles. The summed E-state index contributed by atoms with van der Waals surface area (Å²) in [6.07, 6.45) is 0.729. The van der Waals surface area contributed by atoms with E-state index in [0.717, 1.165) is 56.2 Å². The maximum atomic E-state index is 14.4. The maximum Gasteiger partial charge on any atom is 0.267 e. The standard InChI is InChI=1S/C19H14BrClFNO3S.C14H13F.C12H10FN.C6H3BrCl2O3S.CH3I/c1-23(27(25,26)18-11-14(21)10-15(20)19(18)24)17-9-13(7-8-16(17)22)12-5-3-2-4-6-12;1-2-11-10-13(8-9-14(11)15)12-6-4-3-5-7-12;13-11-7-6-10(8-12(11)14)9-4-2-1-3-5-9;7-4-1-3(8)2-5(6(4)10)13(9,11)12;1-2/h2-11,24H,1H3;3-10H,2H2,1H3;1-8H,14H2;1-2,10H;1H3. The third kappa shape index (κ3) is 16.4. The summed E-state index contributed by atoms with van der Waals surface area (Å²) in [7, 11) is -1.97. The van der Waals surface area contributed by atoms with E-state index in [2.05, 4.69) is 54.5 Å². The number of anilines is 2. The first-order valence-electron chi connectivity index (χ1n) is 20.6. The van der Waals surface area contributed by atoms with Crippen LogP contribution in [0.2, 0.25) is 10.0 Å². The van der Waals surface area contributed by atoms with Crippen molar-refractivity contribution in [3.05, 3.63) is 212 Å². The van der Waals surface area contributed by atoms with Crippen molar-refractivity contribution in [2.75, 3.05) is 22.0 Å². The zero-order valence-corrected chi connectivity index (χ0v) is 46.9. The zero-order valence-electron chi connectivity index (χ0n) is 37.6. The van der Waals surface area contributed by atoms with E-state index in [1.807, 2.05) is 115 Å². The largest absolute Gasteiger partial charge is 0.505 e. The molecule has 8 rings (SSSR count). The van der Waals surface area contributed by atoms with E-state index < -0.39 is 46.2 Å². The Hall–Kier alpha value is -4.79. The first-order valence-corrected chi connectivity index (χ1v) is 28.8. The van der Waals surface area contributed by atoms with E-state index in [0.29, 0.717) is 5.56 Å². The Kier molecular flexibility index (Phi) is 22.6. The number of aromatic hydroxyl groups is 2. The van der Waals surface area contributed by atoms with Gasteiger partial charge in [-0.25, -0.2) is 30.0 Å². The molecule has 0 saturated carbocycles. The smallest absolute Gasteiger partial charge is 0.267 e. The fraction of sp³-hybridized carbons (Fsp3) is 0.0769. The molecule has 372 valence electrons. The van der Waals surface area contributed by atoms with Crippen molar-refractivity contribution in [1.29, 1.82) is 0 Å². The number of halogens is 9. The third-order valence-electron chi connectivity index (χ3n) is 9.92. The molecule has 0 saturated heterocycles. The average Bonchev–Trinajstić information content (AvgIpc) is 3.36. The van der Waals surface area contributed by atoms with Crippen LogP contribution in [0.4, 0.5) is 24.5 Å². The van der Waals surface area contributed by atoms with Crippen molar-refractivity contribution < 1.29 is 40.2 Å². The summed E-state index contributed by atoms with van der Waals surface area (Å²) in [6.45, 7) is 1.97. The monoisotopic (exact) mass is 1300 g/mol. The minimum atomic E-state index is -4.26. The summed E-state index contributed by atoms with van der Waals surface area (Å²) in [5.41, 5.74) is 12.0. The van der Waals surface area contributed by atoms with Gasteiger partial charge in [-0.3, -0.25) is 4.31 Å². The van der Waals surface area contributed by atoms with Crippen molar-refractivity contribution in [3.8, 4) is 44.9 Å². The van der Waals surface area contributed by atoms with Gasteiger partial charge in [-0.05, 0) is 143 Å². The normalized spacial score (nSPS) is 10.7. The lowest BCUT2D eigenvalue weighted by atomic mass is 10.0. The predicted molar refractivity (Wildman–Crippen MR) is 300 cm³/mol.